The maximum absolute atomic E-state index is 11.3. The third-order valence-electron chi connectivity index (χ3n) is 0.937. The molecule has 4 nitrogen and oxygen atoms in total. The van der Waals surface area contributed by atoms with Crippen LogP contribution in [-0.4, -0.2) is 34.0 Å². The van der Waals surface area contributed by atoms with Crippen LogP contribution in [0.1, 0.15) is 0 Å². The molecule has 0 aromatic rings. The van der Waals surface area contributed by atoms with Gasteiger partial charge >= 0.3 is 0 Å². The van der Waals surface area contributed by atoms with Crippen LogP contribution in [0.25, 0.3) is 0 Å². The van der Waals surface area contributed by atoms with E-state index in [0.29, 0.717) is 0 Å². The highest BCUT2D eigenvalue weighted by molar-refractivity contribution is 7.91. The predicted molar refractivity (Wildman–Crippen MR) is 47.0 cm³/mol. The molecule has 0 radical (unpaired) electrons. The number of hydrogen-bond acceptors (Lipinski definition) is 2. The molecule has 10 heavy (non-hydrogen) atoms. The minimum absolute atomic E-state index is 0.0683. The molecule has 0 aliphatic heterocycles. The summed E-state index contributed by atoms with van der Waals surface area (Å²) in [5.41, 5.74) is 5.08. The van der Waals surface area contributed by atoms with Gasteiger partial charge in [-0.2, -0.15) is 4.36 Å². The fourth-order valence-electron chi connectivity index (χ4n) is 0.249. The van der Waals surface area contributed by atoms with Crippen molar-refractivity contribution in [1.82, 2.24) is 4.31 Å². The summed E-state index contributed by atoms with van der Waals surface area (Å²) in [6.45, 7) is 0. The summed E-state index contributed by atoms with van der Waals surface area (Å²) in [7, 11) is 0.958. The first-order chi connectivity index (χ1) is 4.36. The van der Waals surface area contributed by atoms with Gasteiger partial charge in [0.1, 0.15) is 9.92 Å². The van der Waals surface area contributed by atoms with Gasteiger partial charge in [0, 0.05) is 20.4 Å². The Morgan fingerprint density at radius 1 is 1.70 bits per heavy atom. The Hall–Kier alpha value is -0.200. The van der Waals surface area contributed by atoms with Crippen LogP contribution in [-0.2, 0) is 9.92 Å². The van der Waals surface area contributed by atoms with Gasteiger partial charge in [0.15, 0.2) is 5.11 Å². The van der Waals surface area contributed by atoms with E-state index in [0.717, 1.165) is 0 Å². The highest BCUT2D eigenvalue weighted by Crippen LogP contribution is 1.93. The molecule has 0 saturated carbocycles. The van der Waals surface area contributed by atoms with E-state index in [1.807, 2.05) is 0 Å². The topological polar surface area (TPSA) is 58.7 Å². The van der Waals surface area contributed by atoms with Crippen LogP contribution in [0.4, 0.5) is 0 Å². The minimum Gasteiger partial charge on any atom is -0.374 e. The van der Waals surface area contributed by atoms with Gasteiger partial charge in [0.2, 0.25) is 0 Å². The maximum Gasteiger partial charge on any atom is 0.200 e. The second-order valence-corrected chi connectivity index (χ2v) is 4.86. The van der Waals surface area contributed by atoms with Crippen molar-refractivity contribution in [2.24, 2.45) is 10.1 Å². The van der Waals surface area contributed by atoms with Gasteiger partial charge in [-0.1, -0.05) is 0 Å². The molecule has 1 unspecified atom stereocenters. The van der Waals surface area contributed by atoms with Crippen molar-refractivity contribution in [1.29, 1.82) is 0 Å². The van der Waals surface area contributed by atoms with Crippen molar-refractivity contribution < 1.29 is 4.21 Å². The van der Waals surface area contributed by atoms with Crippen LogP contribution in [0.5, 0.6) is 0 Å². The summed E-state index contributed by atoms with van der Waals surface area (Å²) in [6, 6.07) is 0. The van der Waals surface area contributed by atoms with Gasteiger partial charge in [0.05, 0.1) is 0 Å². The van der Waals surface area contributed by atoms with Gasteiger partial charge in [-0.05, 0) is 12.2 Å². The molecular formula is C4H11N3OS2. The van der Waals surface area contributed by atoms with Crippen LogP contribution in [0.3, 0.4) is 0 Å². The van der Waals surface area contributed by atoms with Crippen LogP contribution in [0.15, 0.2) is 4.36 Å². The van der Waals surface area contributed by atoms with Crippen molar-refractivity contribution in [2.75, 3.05) is 20.4 Å². The van der Waals surface area contributed by atoms with Gasteiger partial charge in [0.25, 0.3) is 0 Å². The molecule has 0 heterocycles. The zero-order valence-electron chi connectivity index (χ0n) is 6.20. The maximum atomic E-state index is 11.3. The molecule has 1 atom stereocenters. The standard InChI is InChI=1S/C4H11N3OS2/c1-7(2)10(3,8)6-4(5)9/h1-3H3,(H2,5,9). The normalized spacial score (nSPS) is 16.4. The molecule has 0 aliphatic rings. The lowest BCUT2D eigenvalue weighted by molar-refractivity contribution is 0.599. The van der Waals surface area contributed by atoms with E-state index in [1.54, 1.807) is 14.1 Å². The molecule has 0 fully saturated rings. The Morgan fingerprint density at radius 2 is 2.10 bits per heavy atom. The summed E-state index contributed by atoms with van der Waals surface area (Å²) >= 11 is 4.47. The third-order valence-corrected chi connectivity index (χ3v) is 3.03. The first-order valence-corrected chi connectivity index (χ1v) is 4.84. The van der Waals surface area contributed by atoms with Crippen LogP contribution < -0.4 is 5.73 Å². The van der Waals surface area contributed by atoms with Gasteiger partial charge in [-0.3, -0.25) is 0 Å². The van der Waals surface area contributed by atoms with E-state index < -0.39 is 9.92 Å². The lowest BCUT2D eigenvalue weighted by atomic mass is 11.3. The minimum atomic E-state index is -2.36. The van der Waals surface area contributed by atoms with E-state index >= 15 is 0 Å². The molecule has 60 valence electrons. The van der Waals surface area contributed by atoms with Crippen LogP contribution in [0, 0.1) is 0 Å². The highest BCUT2D eigenvalue weighted by atomic mass is 32.2. The molecule has 0 amide bonds. The van der Waals surface area contributed by atoms with E-state index in [2.05, 4.69) is 16.6 Å². The number of nitrogens with two attached hydrogens (primary N) is 1. The summed E-state index contributed by atoms with van der Waals surface area (Å²) in [5.74, 6) is 0. The monoisotopic (exact) mass is 181 g/mol. The molecule has 0 aromatic heterocycles. The zero-order chi connectivity index (χ0) is 8.36. The average Bonchev–Trinajstić information content (AvgIpc) is 1.60. The zero-order valence-corrected chi connectivity index (χ0v) is 7.83. The SMILES string of the molecule is CN(C)S(C)(=O)=NC(N)=S. The van der Waals surface area contributed by atoms with E-state index in [-0.39, 0.29) is 5.11 Å². The Kier molecular flexibility index (Phi) is 3.20. The molecule has 0 bridgehead atoms. The van der Waals surface area contributed by atoms with E-state index in [9.17, 15) is 4.21 Å². The van der Waals surface area contributed by atoms with Crippen molar-refractivity contribution >= 4 is 27.2 Å². The predicted octanol–water partition coefficient (Wildman–Crippen LogP) is -0.196. The molecule has 0 rings (SSSR count). The van der Waals surface area contributed by atoms with Gasteiger partial charge in [-0.25, -0.2) is 8.51 Å². The van der Waals surface area contributed by atoms with Crippen molar-refractivity contribution in [2.45, 2.75) is 0 Å². The molecular weight excluding hydrogens is 170 g/mol. The van der Waals surface area contributed by atoms with Crippen molar-refractivity contribution in [3.8, 4) is 0 Å². The second kappa shape index (κ2) is 3.27. The third kappa shape index (κ3) is 3.09. The highest BCUT2D eigenvalue weighted by Gasteiger charge is 2.02. The quantitative estimate of drug-likeness (QED) is 0.570. The summed E-state index contributed by atoms with van der Waals surface area (Å²) in [5, 5.41) is -0.0683. The lowest BCUT2D eigenvalue weighted by Gasteiger charge is -2.10. The Balaban J connectivity index is 4.73. The molecule has 0 saturated heterocycles. The second-order valence-electron chi connectivity index (χ2n) is 2.00. The fraction of sp³-hybridized carbons (Fsp3) is 0.750. The summed E-state index contributed by atoms with van der Waals surface area (Å²) in [4.78, 5) is 0. The number of nitrogens with zero attached hydrogens (tertiary/aromatic N) is 2. The first kappa shape index (κ1) is 9.80. The number of thiocarbonyl (C=S) groups is 1. The molecule has 0 aliphatic carbocycles. The van der Waals surface area contributed by atoms with Crippen LogP contribution >= 0.6 is 12.2 Å². The number of rotatable bonds is 1. The Labute approximate surface area is 66.7 Å². The average molecular weight is 181 g/mol. The molecule has 2 N–H and O–H groups in total. The fourth-order valence-corrected chi connectivity index (χ4v) is 1.16. The Bertz CT molecular complexity index is 239. The van der Waals surface area contributed by atoms with Gasteiger partial charge < -0.3 is 5.73 Å². The van der Waals surface area contributed by atoms with E-state index in [4.69, 9.17) is 5.73 Å². The Morgan fingerprint density at radius 3 is 2.20 bits per heavy atom. The number of hydrogen-bond donors (Lipinski definition) is 1. The molecule has 0 spiro atoms. The van der Waals surface area contributed by atoms with Crippen molar-refractivity contribution in [3.05, 3.63) is 0 Å². The first-order valence-electron chi connectivity index (χ1n) is 2.55. The summed E-state index contributed by atoms with van der Waals surface area (Å²) < 4.78 is 16.3. The largest absolute Gasteiger partial charge is 0.374 e. The van der Waals surface area contributed by atoms with Gasteiger partial charge in [-0.15, -0.1) is 0 Å². The smallest absolute Gasteiger partial charge is 0.200 e. The van der Waals surface area contributed by atoms with E-state index in [1.165, 1.54) is 10.6 Å². The summed E-state index contributed by atoms with van der Waals surface area (Å²) in [6.07, 6.45) is 1.48. The van der Waals surface area contributed by atoms with Crippen molar-refractivity contribution in [3.63, 3.8) is 0 Å². The van der Waals surface area contributed by atoms with Crippen LogP contribution in [0.2, 0.25) is 0 Å². The molecule has 0 aromatic carbocycles. The lowest BCUT2D eigenvalue weighted by Crippen LogP contribution is -2.22. The molecule has 6 heteroatoms.